The van der Waals surface area contributed by atoms with Gasteiger partial charge in [-0.1, -0.05) is 12.1 Å². The Morgan fingerprint density at radius 2 is 1.50 bits per heavy atom. The van der Waals surface area contributed by atoms with E-state index >= 15 is 0 Å². The summed E-state index contributed by atoms with van der Waals surface area (Å²) in [7, 11) is 0. The van der Waals surface area contributed by atoms with E-state index in [9.17, 15) is 14.4 Å². The molecule has 1 aromatic carbocycles. The molecular formula is C14H16O6. The molecule has 0 saturated carbocycles. The van der Waals surface area contributed by atoms with Gasteiger partial charge in [-0.2, -0.15) is 0 Å². The van der Waals surface area contributed by atoms with Crippen LogP contribution < -0.4 is 0 Å². The molecule has 1 aromatic rings. The first-order valence-corrected chi connectivity index (χ1v) is 6.05. The first kappa shape index (κ1) is 15.7. The zero-order valence-corrected chi connectivity index (χ0v) is 11.5. The van der Waals surface area contributed by atoms with Crippen molar-refractivity contribution in [3.63, 3.8) is 0 Å². The summed E-state index contributed by atoms with van der Waals surface area (Å²) in [5.41, 5.74) is 0.809. The Kier molecular flexibility index (Phi) is 5.71. The monoisotopic (exact) mass is 280 g/mol. The lowest BCUT2D eigenvalue weighted by atomic mass is 10.1. The van der Waals surface area contributed by atoms with E-state index in [-0.39, 0.29) is 6.61 Å². The van der Waals surface area contributed by atoms with E-state index in [0.29, 0.717) is 11.1 Å². The number of carbonyl (C=O) groups excluding carboxylic acids is 3. The Balaban J connectivity index is 2.89. The van der Waals surface area contributed by atoms with E-state index in [1.807, 2.05) is 0 Å². The van der Waals surface area contributed by atoms with Crippen LogP contribution in [0.15, 0.2) is 24.3 Å². The number of esters is 3. The molecule has 20 heavy (non-hydrogen) atoms. The lowest BCUT2D eigenvalue weighted by Crippen LogP contribution is -2.15. The summed E-state index contributed by atoms with van der Waals surface area (Å²) in [5.74, 6) is -1.60. The van der Waals surface area contributed by atoms with E-state index in [1.165, 1.54) is 38.1 Å². The Hall–Kier alpha value is -2.37. The molecule has 0 saturated heterocycles. The average molecular weight is 280 g/mol. The standard InChI is InChI=1S/C14H16O6/c1-4-18-13(17)11-5-7-12(8-6-11)14(19-9(2)15)20-10(3)16/h5-8,14H,4H2,1-3H3. The molecule has 108 valence electrons. The van der Waals surface area contributed by atoms with Gasteiger partial charge in [-0.25, -0.2) is 4.79 Å². The van der Waals surface area contributed by atoms with E-state index in [1.54, 1.807) is 6.92 Å². The number of benzene rings is 1. The lowest BCUT2D eigenvalue weighted by molar-refractivity contribution is -0.186. The number of carbonyl (C=O) groups is 3. The van der Waals surface area contributed by atoms with Crippen LogP contribution in [0.4, 0.5) is 0 Å². The van der Waals surface area contributed by atoms with E-state index in [0.717, 1.165) is 0 Å². The third-order valence-electron chi connectivity index (χ3n) is 2.24. The zero-order valence-electron chi connectivity index (χ0n) is 11.5. The van der Waals surface area contributed by atoms with Crippen molar-refractivity contribution in [2.75, 3.05) is 6.61 Å². The second kappa shape index (κ2) is 7.28. The van der Waals surface area contributed by atoms with Crippen molar-refractivity contribution < 1.29 is 28.6 Å². The van der Waals surface area contributed by atoms with Gasteiger partial charge in [0.1, 0.15) is 0 Å². The Morgan fingerprint density at radius 1 is 1.00 bits per heavy atom. The van der Waals surface area contributed by atoms with Crippen LogP contribution in [0, 0.1) is 0 Å². The molecule has 0 bridgehead atoms. The van der Waals surface area contributed by atoms with E-state index in [4.69, 9.17) is 14.2 Å². The summed E-state index contributed by atoms with van der Waals surface area (Å²) < 4.78 is 14.6. The Morgan fingerprint density at radius 3 is 1.90 bits per heavy atom. The molecule has 0 fully saturated rings. The van der Waals surface area contributed by atoms with Crippen LogP contribution in [0.5, 0.6) is 0 Å². The first-order chi connectivity index (χ1) is 9.43. The SMILES string of the molecule is CCOC(=O)c1ccc(C(OC(C)=O)OC(C)=O)cc1. The first-order valence-electron chi connectivity index (χ1n) is 6.05. The van der Waals surface area contributed by atoms with Gasteiger partial charge in [0.25, 0.3) is 6.29 Å². The number of hydrogen-bond acceptors (Lipinski definition) is 6. The molecule has 0 aliphatic heterocycles. The topological polar surface area (TPSA) is 78.9 Å². The number of hydrogen-bond donors (Lipinski definition) is 0. The molecule has 0 aliphatic rings. The number of ether oxygens (including phenoxy) is 3. The van der Waals surface area contributed by atoms with Crippen LogP contribution in [0.2, 0.25) is 0 Å². The fourth-order valence-corrected chi connectivity index (χ4v) is 1.45. The largest absolute Gasteiger partial charge is 0.462 e. The minimum Gasteiger partial charge on any atom is -0.462 e. The fraction of sp³-hybridized carbons (Fsp3) is 0.357. The molecular weight excluding hydrogens is 264 g/mol. The van der Waals surface area contributed by atoms with Crippen LogP contribution in [0.1, 0.15) is 43.0 Å². The third kappa shape index (κ3) is 4.72. The summed E-state index contributed by atoms with van der Waals surface area (Å²) in [5, 5.41) is 0. The average Bonchev–Trinajstić information content (AvgIpc) is 2.37. The summed E-state index contributed by atoms with van der Waals surface area (Å²) in [6, 6.07) is 6.08. The van der Waals surface area contributed by atoms with Crippen molar-refractivity contribution in [2.45, 2.75) is 27.1 Å². The second-order valence-corrected chi connectivity index (χ2v) is 3.89. The van der Waals surface area contributed by atoms with Gasteiger partial charge in [0, 0.05) is 19.4 Å². The van der Waals surface area contributed by atoms with Crippen LogP contribution in [0.25, 0.3) is 0 Å². The van der Waals surface area contributed by atoms with Gasteiger partial charge in [-0.3, -0.25) is 9.59 Å². The highest BCUT2D eigenvalue weighted by atomic mass is 16.7. The quantitative estimate of drug-likeness (QED) is 0.606. The maximum Gasteiger partial charge on any atom is 0.338 e. The van der Waals surface area contributed by atoms with Crippen molar-refractivity contribution in [2.24, 2.45) is 0 Å². The smallest absolute Gasteiger partial charge is 0.338 e. The van der Waals surface area contributed by atoms with Crippen molar-refractivity contribution in [1.82, 2.24) is 0 Å². The normalized spacial score (nSPS) is 10.0. The molecule has 0 heterocycles. The maximum absolute atomic E-state index is 11.5. The van der Waals surface area contributed by atoms with Crippen molar-refractivity contribution in [1.29, 1.82) is 0 Å². The molecule has 0 aromatic heterocycles. The Bertz CT molecular complexity index is 475. The van der Waals surface area contributed by atoms with Crippen molar-refractivity contribution >= 4 is 17.9 Å². The zero-order chi connectivity index (χ0) is 15.1. The molecule has 0 spiro atoms. The van der Waals surface area contributed by atoms with Crippen LogP contribution in [-0.4, -0.2) is 24.5 Å². The summed E-state index contributed by atoms with van der Waals surface area (Å²) in [6.45, 7) is 4.42. The molecule has 0 aliphatic carbocycles. The summed E-state index contributed by atoms with van der Waals surface area (Å²) in [6.07, 6.45) is -1.12. The van der Waals surface area contributed by atoms with Crippen molar-refractivity contribution in [3.05, 3.63) is 35.4 Å². The third-order valence-corrected chi connectivity index (χ3v) is 2.24. The fourth-order valence-electron chi connectivity index (χ4n) is 1.45. The van der Waals surface area contributed by atoms with E-state index in [2.05, 4.69) is 0 Å². The van der Waals surface area contributed by atoms with Crippen LogP contribution in [0.3, 0.4) is 0 Å². The molecule has 0 atom stereocenters. The molecule has 1 rings (SSSR count). The predicted octanol–water partition coefficient (Wildman–Crippen LogP) is 1.99. The van der Waals surface area contributed by atoms with Gasteiger partial charge in [0.2, 0.25) is 0 Å². The molecule has 6 heteroatoms. The van der Waals surface area contributed by atoms with E-state index < -0.39 is 24.2 Å². The predicted molar refractivity (Wildman–Crippen MR) is 68.7 cm³/mol. The summed E-state index contributed by atoms with van der Waals surface area (Å²) >= 11 is 0. The second-order valence-electron chi connectivity index (χ2n) is 3.89. The van der Waals surface area contributed by atoms with Gasteiger partial charge in [-0.15, -0.1) is 0 Å². The minimum atomic E-state index is -1.12. The van der Waals surface area contributed by atoms with Gasteiger partial charge < -0.3 is 14.2 Å². The van der Waals surface area contributed by atoms with Gasteiger partial charge in [0.05, 0.1) is 12.2 Å². The molecule has 6 nitrogen and oxygen atoms in total. The molecule has 0 unspecified atom stereocenters. The maximum atomic E-state index is 11.5. The van der Waals surface area contributed by atoms with Crippen LogP contribution in [-0.2, 0) is 23.8 Å². The highest BCUT2D eigenvalue weighted by molar-refractivity contribution is 5.89. The van der Waals surface area contributed by atoms with Gasteiger partial charge in [-0.05, 0) is 19.1 Å². The Labute approximate surface area is 116 Å². The highest BCUT2D eigenvalue weighted by Crippen LogP contribution is 2.20. The van der Waals surface area contributed by atoms with Gasteiger partial charge in [0.15, 0.2) is 0 Å². The highest BCUT2D eigenvalue weighted by Gasteiger charge is 2.18. The lowest BCUT2D eigenvalue weighted by Gasteiger charge is -2.17. The van der Waals surface area contributed by atoms with Crippen molar-refractivity contribution in [3.8, 4) is 0 Å². The summed E-state index contributed by atoms with van der Waals surface area (Å²) in [4.78, 5) is 33.5. The molecule has 0 amide bonds. The molecule has 0 radical (unpaired) electrons. The number of rotatable bonds is 5. The van der Waals surface area contributed by atoms with Crippen LogP contribution >= 0.6 is 0 Å². The van der Waals surface area contributed by atoms with Gasteiger partial charge >= 0.3 is 17.9 Å². The molecule has 0 N–H and O–H groups in total. The minimum absolute atomic E-state index is 0.282.